The van der Waals surface area contributed by atoms with E-state index in [9.17, 15) is 13.2 Å². The van der Waals surface area contributed by atoms with Crippen LogP contribution in [0.25, 0.3) is 0 Å². The molecule has 0 aliphatic rings. The second-order valence-corrected chi connectivity index (χ2v) is 3.95. The van der Waals surface area contributed by atoms with Crippen LogP contribution < -0.4 is 5.32 Å². The normalized spacial score (nSPS) is 14.9. The number of hydrogen-bond donors (Lipinski definition) is 1. The van der Waals surface area contributed by atoms with Gasteiger partial charge in [0.25, 0.3) is 0 Å². The molecule has 0 aliphatic carbocycles. The van der Waals surface area contributed by atoms with Crippen molar-refractivity contribution in [3.05, 3.63) is 22.1 Å². The van der Waals surface area contributed by atoms with E-state index >= 15 is 0 Å². The molecule has 0 unspecified atom stereocenters. The summed E-state index contributed by atoms with van der Waals surface area (Å²) in [6, 6.07) is 0. The van der Waals surface area contributed by atoms with E-state index in [0.29, 0.717) is 9.66 Å². The van der Waals surface area contributed by atoms with Gasteiger partial charge in [0.05, 0.1) is 0 Å². The minimum absolute atomic E-state index is 0.192. The maximum Gasteiger partial charge on any atom is 0.433 e. The number of nitrogens with zero attached hydrogens (tertiary/aromatic N) is 1. The van der Waals surface area contributed by atoms with Crippen LogP contribution in [0.1, 0.15) is 6.92 Å². The number of alkyl halides is 3. The molecule has 6 heteroatoms. The van der Waals surface area contributed by atoms with Crippen LogP contribution in [0.15, 0.2) is 27.0 Å². The molecule has 0 fully saturated rings. The smallest absolute Gasteiger partial charge is 0.373 e. The molecule has 1 N–H and O–H groups in total. The number of hydrogen-bond acceptors (Lipinski definition) is 2. The molecule has 0 rings (SSSR count). The third-order valence-corrected chi connectivity index (χ3v) is 1.79. The molecule has 80 valence electrons. The zero-order chi connectivity index (χ0) is 11.4. The summed E-state index contributed by atoms with van der Waals surface area (Å²) in [6.07, 6.45) is -3.77. The van der Waals surface area contributed by atoms with Crippen LogP contribution in [-0.4, -0.2) is 18.9 Å². The molecule has 14 heavy (non-hydrogen) atoms. The molecule has 0 atom stereocenters. The summed E-state index contributed by atoms with van der Waals surface area (Å²) in [5.74, 6) is 0.192. The lowest BCUT2D eigenvalue weighted by molar-refractivity contribution is -0.0577. The molecule has 0 bridgehead atoms. The van der Waals surface area contributed by atoms with Crippen molar-refractivity contribution < 1.29 is 13.2 Å². The first-order valence-corrected chi connectivity index (χ1v) is 4.73. The van der Waals surface area contributed by atoms with Crippen molar-refractivity contribution in [2.45, 2.75) is 13.1 Å². The number of aliphatic imine (C=N–C) groups is 1. The van der Waals surface area contributed by atoms with Crippen LogP contribution in [0.2, 0.25) is 0 Å². The molecule has 0 radical (unpaired) electrons. The highest BCUT2D eigenvalue weighted by atomic mass is 127. The van der Waals surface area contributed by atoms with Gasteiger partial charge in [-0.05, 0) is 35.6 Å². The van der Waals surface area contributed by atoms with Crippen LogP contribution in [-0.2, 0) is 0 Å². The highest BCUT2D eigenvalue weighted by Gasteiger charge is 2.33. The number of allylic oxidation sites excluding steroid dienone is 2. The third-order valence-electron chi connectivity index (χ3n) is 1.28. The number of nitrogens with one attached hydrogen (secondary N) is 1. The zero-order valence-corrected chi connectivity index (χ0v) is 9.90. The molecule has 0 heterocycles. The van der Waals surface area contributed by atoms with Gasteiger partial charge in [-0.2, -0.15) is 13.2 Å². The highest BCUT2D eigenvalue weighted by Crippen LogP contribution is 2.20. The van der Waals surface area contributed by atoms with E-state index in [4.69, 9.17) is 0 Å². The van der Waals surface area contributed by atoms with E-state index in [-0.39, 0.29) is 5.82 Å². The lowest BCUT2D eigenvalue weighted by atomic mass is 10.3. The van der Waals surface area contributed by atoms with Crippen molar-refractivity contribution in [1.82, 2.24) is 5.32 Å². The molecule has 0 saturated carbocycles. The van der Waals surface area contributed by atoms with Crippen molar-refractivity contribution in [2.24, 2.45) is 4.99 Å². The molecule has 0 aliphatic heterocycles. The second-order valence-electron chi connectivity index (χ2n) is 2.33. The van der Waals surface area contributed by atoms with Gasteiger partial charge in [0.2, 0.25) is 0 Å². The SMILES string of the molecule is C=CC(=N/C(NC)=C(\C)I)C(F)(F)F. The molecule has 0 saturated heterocycles. The highest BCUT2D eigenvalue weighted by molar-refractivity contribution is 14.1. The van der Waals surface area contributed by atoms with Crippen LogP contribution in [0.5, 0.6) is 0 Å². The fourth-order valence-corrected chi connectivity index (χ4v) is 1.04. The predicted molar refractivity (Wildman–Crippen MR) is 59.5 cm³/mol. The molecular weight excluding hydrogens is 308 g/mol. The topological polar surface area (TPSA) is 24.4 Å². The lowest BCUT2D eigenvalue weighted by Gasteiger charge is -2.08. The second kappa shape index (κ2) is 5.38. The van der Waals surface area contributed by atoms with Crippen molar-refractivity contribution in [3.8, 4) is 0 Å². The summed E-state index contributed by atoms with van der Waals surface area (Å²) in [5.41, 5.74) is -1.00. The molecule has 0 spiro atoms. The summed E-state index contributed by atoms with van der Waals surface area (Å²) in [6.45, 7) is 4.73. The van der Waals surface area contributed by atoms with Gasteiger partial charge in [-0.3, -0.25) is 0 Å². The monoisotopic (exact) mass is 318 g/mol. The van der Waals surface area contributed by atoms with Crippen molar-refractivity contribution in [3.63, 3.8) is 0 Å². The first-order chi connectivity index (χ1) is 6.32. The minimum atomic E-state index is -4.46. The number of rotatable bonds is 3. The Morgan fingerprint density at radius 2 is 2.00 bits per heavy atom. The molecule has 2 nitrogen and oxygen atoms in total. The molecular formula is C8H10F3IN2. The van der Waals surface area contributed by atoms with Gasteiger partial charge in [0, 0.05) is 10.6 Å². The Morgan fingerprint density at radius 3 is 2.21 bits per heavy atom. The van der Waals surface area contributed by atoms with E-state index in [2.05, 4.69) is 16.9 Å². The quantitative estimate of drug-likeness (QED) is 0.628. The summed E-state index contributed by atoms with van der Waals surface area (Å²) in [7, 11) is 1.51. The van der Waals surface area contributed by atoms with Crippen molar-refractivity contribution >= 4 is 28.3 Å². The number of halogens is 4. The summed E-state index contributed by atoms with van der Waals surface area (Å²) < 4.78 is 37.3. The van der Waals surface area contributed by atoms with Crippen molar-refractivity contribution in [2.75, 3.05) is 7.05 Å². The maximum atomic E-state index is 12.2. The van der Waals surface area contributed by atoms with E-state index in [1.165, 1.54) is 7.05 Å². The van der Waals surface area contributed by atoms with Gasteiger partial charge in [0.1, 0.15) is 11.5 Å². The average Bonchev–Trinajstić information content (AvgIpc) is 2.03. The molecule has 0 aromatic rings. The Labute approximate surface area is 94.1 Å². The Hall–Kier alpha value is -0.530. The van der Waals surface area contributed by atoms with Gasteiger partial charge in [-0.25, -0.2) is 4.99 Å². The van der Waals surface area contributed by atoms with Crippen LogP contribution in [0, 0.1) is 0 Å². The summed E-state index contributed by atoms with van der Waals surface area (Å²) in [5, 5.41) is 2.58. The Morgan fingerprint density at radius 1 is 1.50 bits per heavy atom. The standard InChI is InChI=1S/C8H10F3IN2/c1-4-6(8(9,10)11)14-7(13-3)5(2)12/h4,13H,1H2,2-3H3/b7-5+,14-6?. The Kier molecular flexibility index (Phi) is 5.17. The first kappa shape index (κ1) is 13.5. The van der Waals surface area contributed by atoms with E-state index in [1.807, 2.05) is 22.6 Å². The van der Waals surface area contributed by atoms with E-state index in [1.54, 1.807) is 6.92 Å². The van der Waals surface area contributed by atoms with E-state index in [0.717, 1.165) is 0 Å². The lowest BCUT2D eigenvalue weighted by Crippen LogP contribution is -2.22. The third kappa shape index (κ3) is 4.12. The zero-order valence-electron chi connectivity index (χ0n) is 7.74. The largest absolute Gasteiger partial charge is 0.433 e. The maximum absolute atomic E-state index is 12.2. The van der Waals surface area contributed by atoms with Gasteiger partial charge in [-0.15, -0.1) is 0 Å². The van der Waals surface area contributed by atoms with Gasteiger partial charge < -0.3 is 5.32 Å². The Bertz CT molecular complexity index is 275. The average molecular weight is 318 g/mol. The Balaban J connectivity index is 5.13. The summed E-state index contributed by atoms with van der Waals surface area (Å²) in [4.78, 5) is 3.42. The molecule has 0 aromatic heterocycles. The summed E-state index contributed by atoms with van der Waals surface area (Å²) >= 11 is 1.89. The first-order valence-electron chi connectivity index (χ1n) is 3.65. The fourth-order valence-electron chi connectivity index (χ4n) is 0.650. The van der Waals surface area contributed by atoms with Crippen LogP contribution >= 0.6 is 22.6 Å². The van der Waals surface area contributed by atoms with Gasteiger partial charge in [-0.1, -0.05) is 6.58 Å². The van der Waals surface area contributed by atoms with Gasteiger partial charge in [0.15, 0.2) is 0 Å². The fraction of sp³-hybridized carbons (Fsp3) is 0.375. The molecule has 0 aromatic carbocycles. The van der Waals surface area contributed by atoms with Crippen molar-refractivity contribution in [1.29, 1.82) is 0 Å². The molecule has 0 amide bonds. The van der Waals surface area contributed by atoms with Gasteiger partial charge >= 0.3 is 6.18 Å². The van der Waals surface area contributed by atoms with E-state index < -0.39 is 11.9 Å². The van der Waals surface area contributed by atoms with Crippen LogP contribution in [0.3, 0.4) is 0 Å². The van der Waals surface area contributed by atoms with Crippen LogP contribution in [0.4, 0.5) is 13.2 Å². The predicted octanol–water partition coefficient (Wildman–Crippen LogP) is 3.02. The minimum Gasteiger partial charge on any atom is -0.373 e.